The van der Waals surface area contributed by atoms with Gasteiger partial charge < -0.3 is 4.74 Å². The van der Waals surface area contributed by atoms with Crippen LogP contribution in [0, 0.1) is 0 Å². The summed E-state index contributed by atoms with van der Waals surface area (Å²) in [7, 11) is 0. The number of unbranched alkanes of at least 4 members (excludes halogenated alkanes) is 1. The standard InChI is InChI=1S/C13H25NO2/c1-3-5-9-14-10-7-6-8-12(14)11-13(15)16-4-2/h12H,3-11H2,1-2H3. The maximum atomic E-state index is 11.5. The summed E-state index contributed by atoms with van der Waals surface area (Å²) in [6.45, 7) is 6.88. The van der Waals surface area contributed by atoms with Gasteiger partial charge in [0.25, 0.3) is 0 Å². The maximum Gasteiger partial charge on any atom is 0.307 e. The van der Waals surface area contributed by atoms with Gasteiger partial charge in [-0.05, 0) is 39.3 Å². The van der Waals surface area contributed by atoms with E-state index < -0.39 is 0 Å². The fourth-order valence-corrected chi connectivity index (χ4v) is 2.36. The van der Waals surface area contributed by atoms with E-state index >= 15 is 0 Å². The molecule has 1 unspecified atom stereocenters. The van der Waals surface area contributed by atoms with Crippen molar-refractivity contribution in [1.29, 1.82) is 0 Å². The van der Waals surface area contributed by atoms with Crippen LogP contribution in [0.25, 0.3) is 0 Å². The highest BCUT2D eigenvalue weighted by molar-refractivity contribution is 5.70. The smallest absolute Gasteiger partial charge is 0.307 e. The molecule has 0 aromatic rings. The molecule has 3 nitrogen and oxygen atoms in total. The minimum Gasteiger partial charge on any atom is -0.466 e. The van der Waals surface area contributed by atoms with Crippen molar-refractivity contribution < 1.29 is 9.53 Å². The Hall–Kier alpha value is -0.570. The van der Waals surface area contributed by atoms with Crippen LogP contribution in [0.15, 0.2) is 0 Å². The van der Waals surface area contributed by atoms with Crippen LogP contribution in [0.2, 0.25) is 0 Å². The molecular weight excluding hydrogens is 202 g/mol. The fourth-order valence-electron chi connectivity index (χ4n) is 2.36. The minimum atomic E-state index is -0.0316. The predicted molar refractivity (Wildman–Crippen MR) is 65.4 cm³/mol. The molecule has 0 aromatic carbocycles. The minimum absolute atomic E-state index is 0.0316. The van der Waals surface area contributed by atoms with E-state index in [1.165, 1.54) is 25.7 Å². The Labute approximate surface area is 99.1 Å². The van der Waals surface area contributed by atoms with Crippen molar-refractivity contribution in [2.45, 2.75) is 58.4 Å². The lowest BCUT2D eigenvalue weighted by Crippen LogP contribution is -2.41. The van der Waals surface area contributed by atoms with E-state index in [1.807, 2.05) is 6.92 Å². The summed E-state index contributed by atoms with van der Waals surface area (Å²) in [5, 5.41) is 0. The Morgan fingerprint density at radius 2 is 2.19 bits per heavy atom. The summed E-state index contributed by atoms with van der Waals surface area (Å²) in [4.78, 5) is 14.0. The molecule has 1 heterocycles. The van der Waals surface area contributed by atoms with Gasteiger partial charge in [0.05, 0.1) is 13.0 Å². The Bertz CT molecular complexity index is 206. The summed E-state index contributed by atoms with van der Waals surface area (Å²) in [6.07, 6.45) is 6.73. The number of nitrogens with zero attached hydrogens (tertiary/aromatic N) is 1. The number of carbonyl (C=O) groups is 1. The third-order valence-electron chi connectivity index (χ3n) is 3.26. The fraction of sp³-hybridized carbons (Fsp3) is 0.923. The summed E-state index contributed by atoms with van der Waals surface area (Å²) in [6, 6.07) is 0.430. The van der Waals surface area contributed by atoms with Crippen LogP contribution in [0.3, 0.4) is 0 Å². The van der Waals surface area contributed by atoms with Crippen LogP contribution < -0.4 is 0 Å². The van der Waals surface area contributed by atoms with Crippen molar-refractivity contribution in [3.05, 3.63) is 0 Å². The van der Waals surface area contributed by atoms with Gasteiger partial charge in [-0.2, -0.15) is 0 Å². The summed E-state index contributed by atoms with van der Waals surface area (Å²) in [5.74, 6) is -0.0316. The summed E-state index contributed by atoms with van der Waals surface area (Å²) in [5.41, 5.74) is 0. The average Bonchev–Trinajstić information content (AvgIpc) is 2.28. The monoisotopic (exact) mass is 227 g/mol. The molecule has 0 saturated carbocycles. The highest BCUT2D eigenvalue weighted by Gasteiger charge is 2.24. The molecule has 0 radical (unpaired) electrons. The van der Waals surface area contributed by atoms with Crippen LogP contribution >= 0.6 is 0 Å². The summed E-state index contributed by atoms with van der Waals surface area (Å²) >= 11 is 0. The van der Waals surface area contributed by atoms with Gasteiger partial charge in [-0.25, -0.2) is 0 Å². The molecule has 1 saturated heterocycles. The number of piperidine rings is 1. The van der Waals surface area contributed by atoms with Gasteiger partial charge in [-0.3, -0.25) is 9.69 Å². The number of hydrogen-bond acceptors (Lipinski definition) is 3. The van der Waals surface area contributed by atoms with Gasteiger partial charge in [0, 0.05) is 6.04 Å². The molecule has 1 rings (SSSR count). The maximum absolute atomic E-state index is 11.5. The summed E-state index contributed by atoms with van der Waals surface area (Å²) < 4.78 is 5.03. The van der Waals surface area contributed by atoms with Crippen molar-refractivity contribution in [3.8, 4) is 0 Å². The largest absolute Gasteiger partial charge is 0.466 e. The van der Waals surface area contributed by atoms with E-state index in [9.17, 15) is 4.79 Å². The van der Waals surface area contributed by atoms with E-state index in [4.69, 9.17) is 4.74 Å². The third kappa shape index (κ3) is 4.52. The molecule has 0 spiro atoms. The van der Waals surface area contributed by atoms with Crippen molar-refractivity contribution in [3.63, 3.8) is 0 Å². The molecular formula is C13H25NO2. The first-order valence-corrected chi connectivity index (χ1v) is 6.67. The second-order valence-electron chi connectivity index (χ2n) is 4.55. The third-order valence-corrected chi connectivity index (χ3v) is 3.26. The lowest BCUT2D eigenvalue weighted by Gasteiger charge is -2.35. The molecule has 3 heteroatoms. The highest BCUT2D eigenvalue weighted by Crippen LogP contribution is 2.20. The van der Waals surface area contributed by atoms with Gasteiger partial charge in [0.15, 0.2) is 0 Å². The SMILES string of the molecule is CCCCN1CCCCC1CC(=O)OCC. The number of ether oxygens (including phenoxy) is 1. The second kappa shape index (κ2) is 7.66. The zero-order valence-electron chi connectivity index (χ0n) is 10.7. The molecule has 1 aliphatic heterocycles. The molecule has 1 atom stereocenters. The molecule has 0 N–H and O–H groups in total. The molecule has 16 heavy (non-hydrogen) atoms. The van der Waals surface area contributed by atoms with Crippen LogP contribution in [0.5, 0.6) is 0 Å². The molecule has 0 bridgehead atoms. The molecule has 1 fully saturated rings. The number of rotatable bonds is 6. The first-order chi connectivity index (χ1) is 7.77. The van der Waals surface area contributed by atoms with Gasteiger partial charge in [0.1, 0.15) is 0 Å². The number of likely N-dealkylation sites (tertiary alicyclic amines) is 1. The van der Waals surface area contributed by atoms with Crippen LogP contribution in [-0.4, -0.2) is 36.6 Å². The first-order valence-electron chi connectivity index (χ1n) is 6.67. The topological polar surface area (TPSA) is 29.5 Å². The lowest BCUT2D eigenvalue weighted by molar-refractivity contribution is -0.144. The van der Waals surface area contributed by atoms with Gasteiger partial charge >= 0.3 is 5.97 Å². The van der Waals surface area contributed by atoms with Gasteiger partial charge in [-0.15, -0.1) is 0 Å². The van der Waals surface area contributed by atoms with E-state index in [-0.39, 0.29) is 5.97 Å². The van der Waals surface area contributed by atoms with Crippen molar-refractivity contribution in [2.75, 3.05) is 19.7 Å². The molecule has 94 valence electrons. The molecule has 0 aromatic heterocycles. The lowest BCUT2D eigenvalue weighted by atomic mass is 9.99. The number of carbonyl (C=O) groups excluding carboxylic acids is 1. The predicted octanol–water partition coefficient (Wildman–Crippen LogP) is 2.59. The average molecular weight is 227 g/mol. The number of hydrogen-bond donors (Lipinski definition) is 0. The Morgan fingerprint density at radius 1 is 1.38 bits per heavy atom. The zero-order chi connectivity index (χ0) is 11.8. The quantitative estimate of drug-likeness (QED) is 0.653. The zero-order valence-corrected chi connectivity index (χ0v) is 10.7. The Morgan fingerprint density at radius 3 is 2.88 bits per heavy atom. The second-order valence-corrected chi connectivity index (χ2v) is 4.55. The van der Waals surface area contributed by atoms with E-state index in [2.05, 4.69) is 11.8 Å². The Balaban J connectivity index is 2.37. The molecule has 0 amide bonds. The van der Waals surface area contributed by atoms with Crippen molar-refractivity contribution >= 4 is 5.97 Å². The van der Waals surface area contributed by atoms with Crippen LogP contribution in [0.4, 0.5) is 0 Å². The van der Waals surface area contributed by atoms with Crippen molar-refractivity contribution in [1.82, 2.24) is 4.90 Å². The Kier molecular flexibility index (Phi) is 6.46. The van der Waals surface area contributed by atoms with Gasteiger partial charge in [-0.1, -0.05) is 19.8 Å². The van der Waals surface area contributed by atoms with Gasteiger partial charge in [0.2, 0.25) is 0 Å². The van der Waals surface area contributed by atoms with Crippen molar-refractivity contribution in [2.24, 2.45) is 0 Å². The highest BCUT2D eigenvalue weighted by atomic mass is 16.5. The van der Waals surface area contributed by atoms with E-state index in [0.29, 0.717) is 19.1 Å². The normalized spacial score (nSPS) is 22.0. The van der Waals surface area contributed by atoms with Crippen LogP contribution in [-0.2, 0) is 9.53 Å². The van der Waals surface area contributed by atoms with E-state index in [0.717, 1.165) is 19.5 Å². The van der Waals surface area contributed by atoms with E-state index in [1.54, 1.807) is 0 Å². The molecule has 1 aliphatic rings. The molecule has 0 aliphatic carbocycles. The first kappa shape index (κ1) is 13.5. The number of esters is 1. The van der Waals surface area contributed by atoms with Crippen LogP contribution in [0.1, 0.15) is 52.4 Å².